The summed E-state index contributed by atoms with van der Waals surface area (Å²) in [4.78, 5) is 45.5. The lowest BCUT2D eigenvalue weighted by Crippen LogP contribution is -2.29. The predicted octanol–water partition coefficient (Wildman–Crippen LogP) is 2.64. The van der Waals surface area contributed by atoms with E-state index in [0.29, 0.717) is 61.5 Å². The molecule has 0 radical (unpaired) electrons. The van der Waals surface area contributed by atoms with Crippen molar-refractivity contribution in [3.63, 3.8) is 0 Å². The van der Waals surface area contributed by atoms with Gasteiger partial charge in [0.05, 0.1) is 22.8 Å². The van der Waals surface area contributed by atoms with Gasteiger partial charge in [-0.15, -0.1) is 0 Å². The first kappa shape index (κ1) is 29.0. The zero-order chi connectivity index (χ0) is 29.3. The zero-order valence-corrected chi connectivity index (χ0v) is 23.6. The summed E-state index contributed by atoms with van der Waals surface area (Å²) in [6.45, 7) is 1.41. The molecule has 6 N–H and O–H groups in total. The maximum Gasteiger partial charge on any atom is 0.251 e. The molecular formula is C32H36N8O2. The normalized spacial score (nSPS) is 13.0. The molecule has 1 aliphatic rings. The van der Waals surface area contributed by atoms with Crippen molar-refractivity contribution in [3.05, 3.63) is 94.6 Å². The second kappa shape index (κ2) is 13.9. The molecular weight excluding hydrogens is 528 g/mol. The van der Waals surface area contributed by atoms with Crippen molar-refractivity contribution in [2.24, 2.45) is 11.5 Å². The molecule has 10 heteroatoms. The van der Waals surface area contributed by atoms with Crippen LogP contribution in [0.2, 0.25) is 0 Å². The maximum absolute atomic E-state index is 13.0. The molecule has 5 heterocycles. The van der Waals surface area contributed by atoms with Crippen LogP contribution in [0.4, 0.5) is 0 Å². The second-order valence-electron chi connectivity index (χ2n) is 10.3. The van der Waals surface area contributed by atoms with Crippen LogP contribution >= 0.6 is 0 Å². The van der Waals surface area contributed by atoms with Gasteiger partial charge in [0.2, 0.25) is 0 Å². The van der Waals surface area contributed by atoms with Crippen molar-refractivity contribution < 1.29 is 9.59 Å². The lowest BCUT2D eigenvalue weighted by atomic mass is 10.0. The minimum atomic E-state index is -0.229. The van der Waals surface area contributed by atoms with Gasteiger partial charge in [0.15, 0.2) is 0 Å². The first-order valence-electron chi connectivity index (χ1n) is 14.4. The molecule has 4 aromatic rings. The van der Waals surface area contributed by atoms with E-state index in [1.165, 1.54) is 0 Å². The van der Waals surface area contributed by atoms with Crippen LogP contribution in [0.3, 0.4) is 0 Å². The van der Waals surface area contributed by atoms with Crippen LogP contribution < -0.4 is 22.1 Å². The number of aromatic nitrogens is 4. The Morgan fingerprint density at radius 3 is 1.40 bits per heavy atom. The van der Waals surface area contributed by atoms with Crippen molar-refractivity contribution in [1.29, 1.82) is 0 Å². The average molecular weight is 565 g/mol. The van der Waals surface area contributed by atoms with Crippen molar-refractivity contribution in [1.82, 2.24) is 30.6 Å². The molecule has 0 fully saturated rings. The maximum atomic E-state index is 13.0. The summed E-state index contributed by atoms with van der Waals surface area (Å²) < 4.78 is 0. The van der Waals surface area contributed by atoms with Gasteiger partial charge >= 0.3 is 0 Å². The number of nitrogens with one attached hydrogen (secondary N) is 2. The lowest BCUT2D eigenvalue weighted by Gasteiger charge is -2.13. The Morgan fingerprint density at radius 1 is 0.571 bits per heavy atom. The number of nitrogens with zero attached hydrogens (tertiary/aromatic N) is 4. The fraction of sp³-hybridized carbons (Fsp3) is 0.312. The predicted molar refractivity (Wildman–Crippen MR) is 162 cm³/mol. The van der Waals surface area contributed by atoms with Crippen LogP contribution in [0.15, 0.2) is 60.7 Å². The van der Waals surface area contributed by atoms with Crippen molar-refractivity contribution in [2.75, 3.05) is 26.2 Å². The van der Waals surface area contributed by atoms with E-state index in [2.05, 4.69) is 10.6 Å². The number of amides is 2. The van der Waals surface area contributed by atoms with E-state index in [9.17, 15) is 9.59 Å². The number of carbonyl (C=O) groups is 2. The third-order valence-electron chi connectivity index (χ3n) is 7.01. The lowest BCUT2D eigenvalue weighted by molar-refractivity contribution is 0.0946. The highest BCUT2D eigenvalue weighted by Gasteiger charge is 2.16. The molecule has 0 saturated heterocycles. The Hall–Kier alpha value is -4.54. The highest BCUT2D eigenvalue weighted by atomic mass is 16.2. The van der Waals surface area contributed by atoms with E-state index in [0.717, 1.165) is 59.8 Å². The van der Waals surface area contributed by atoms with E-state index in [1.54, 1.807) is 12.1 Å². The Kier molecular flexibility index (Phi) is 9.58. The topological polar surface area (TPSA) is 162 Å². The smallest absolute Gasteiger partial charge is 0.251 e. The fourth-order valence-electron chi connectivity index (χ4n) is 4.96. The molecule has 1 aliphatic heterocycles. The Balaban J connectivity index is 1.57. The summed E-state index contributed by atoms with van der Waals surface area (Å²) >= 11 is 0. The van der Waals surface area contributed by atoms with Crippen LogP contribution in [-0.4, -0.2) is 57.9 Å². The van der Waals surface area contributed by atoms with Gasteiger partial charge in [-0.2, -0.15) is 0 Å². The van der Waals surface area contributed by atoms with Gasteiger partial charge < -0.3 is 22.1 Å². The molecule has 0 atom stereocenters. The van der Waals surface area contributed by atoms with Gasteiger partial charge in [0.1, 0.15) is 0 Å². The Morgan fingerprint density at radius 2 is 0.976 bits per heavy atom. The van der Waals surface area contributed by atoms with E-state index < -0.39 is 0 Å². The van der Waals surface area contributed by atoms with Crippen molar-refractivity contribution in [2.45, 2.75) is 38.5 Å². The van der Waals surface area contributed by atoms with Gasteiger partial charge in [-0.3, -0.25) is 29.5 Å². The molecule has 0 spiro atoms. The van der Waals surface area contributed by atoms with Gasteiger partial charge in [-0.25, -0.2) is 0 Å². The summed E-state index contributed by atoms with van der Waals surface area (Å²) in [6, 6.07) is 19.1. The number of fused-ring (bicyclic) bond motifs is 10. The molecule has 0 aromatic carbocycles. The number of aryl methyl sites for hydroxylation is 4. The molecule has 0 aliphatic carbocycles. The SMILES string of the molecule is NCCNC(=O)c1cc2nc(c1)-c1cc(C(=O)NCCN)cc(n1)CCCc1cccc(n1)-c1cccc(n1)CCC2. The average Bonchev–Trinajstić information content (AvgIpc) is 3.02. The molecule has 42 heavy (non-hydrogen) atoms. The first-order valence-corrected chi connectivity index (χ1v) is 14.4. The monoisotopic (exact) mass is 564 g/mol. The molecule has 0 unspecified atom stereocenters. The Bertz CT molecular complexity index is 1460. The number of rotatable bonds is 6. The van der Waals surface area contributed by atoms with Crippen LogP contribution in [0, 0.1) is 0 Å². The van der Waals surface area contributed by atoms with Gasteiger partial charge in [0.25, 0.3) is 11.8 Å². The molecule has 0 saturated carbocycles. The summed E-state index contributed by atoms with van der Waals surface area (Å²) in [6.07, 6.45) is 4.32. The van der Waals surface area contributed by atoms with Gasteiger partial charge in [0, 0.05) is 60.1 Å². The molecule has 4 aromatic heterocycles. The molecule has 2 amide bonds. The highest BCUT2D eigenvalue weighted by Crippen LogP contribution is 2.23. The number of hydrogen-bond acceptors (Lipinski definition) is 8. The molecule has 216 valence electrons. The summed E-state index contributed by atoms with van der Waals surface area (Å²) in [5.74, 6) is -0.458. The standard InChI is InChI=1S/C32H36N8O2/c33-13-15-35-31(41)21-17-25-9-1-5-23-7-3-11-27(37-23)28-12-4-8-24(38-28)6-2-10-26-18-22(32(42)36-16-14-34)20-30(40-26)29(19-21)39-25/h3-4,7-8,11-12,17-20H,1-2,5-6,9-10,13-16,33-34H2,(H,35,41)(H,36,42). The van der Waals surface area contributed by atoms with Crippen LogP contribution in [0.1, 0.15) is 56.3 Å². The van der Waals surface area contributed by atoms with E-state index in [-0.39, 0.29) is 11.8 Å². The van der Waals surface area contributed by atoms with Gasteiger partial charge in [-0.1, -0.05) is 12.1 Å². The van der Waals surface area contributed by atoms with E-state index in [4.69, 9.17) is 31.4 Å². The number of nitrogens with two attached hydrogens (primary N) is 2. The van der Waals surface area contributed by atoms with Crippen LogP contribution in [0.5, 0.6) is 0 Å². The van der Waals surface area contributed by atoms with Crippen molar-refractivity contribution >= 4 is 11.8 Å². The van der Waals surface area contributed by atoms with Gasteiger partial charge in [-0.05, 0) is 87.1 Å². The van der Waals surface area contributed by atoms with Crippen molar-refractivity contribution in [3.8, 4) is 22.8 Å². The quantitative estimate of drug-likeness (QED) is 0.278. The third-order valence-corrected chi connectivity index (χ3v) is 7.01. The molecule has 10 nitrogen and oxygen atoms in total. The minimum Gasteiger partial charge on any atom is -0.351 e. The fourth-order valence-corrected chi connectivity index (χ4v) is 4.96. The van der Waals surface area contributed by atoms with E-state index in [1.807, 2.05) is 48.5 Å². The molecule has 5 rings (SSSR count). The number of carbonyl (C=O) groups excluding carboxylic acids is 2. The van der Waals surface area contributed by atoms with Crippen LogP contribution in [0.25, 0.3) is 22.8 Å². The number of hydrogen-bond donors (Lipinski definition) is 4. The zero-order valence-electron chi connectivity index (χ0n) is 23.6. The van der Waals surface area contributed by atoms with E-state index >= 15 is 0 Å². The highest BCUT2D eigenvalue weighted by molar-refractivity contribution is 5.96. The third kappa shape index (κ3) is 7.39. The number of pyridine rings is 4. The summed E-state index contributed by atoms with van der Waals surface area (Å²) in [5, 5.41) is 5.69. The first-order chi connectivity index (χ1) is 20.5. The van der Waals surface area contributed by atoms with Crippen LogP contribution in [-0.2, 0) is 25.7 Å². The minimum absolute atomic E-state index is 0.229. The Labute approximate surface area is 245 Å². The largest absolute Gasteiger partial charge is 0.351 e. The summed E-state index contributed by atoms with van der Waals surface area (Å²) in [7, 11) is 0. The molecule has 8 bridgehead atoms. The second-order valence-corrected chi connectivity index (χ2v) is 10.3. The summed E-state index contributed by atoms with van der Waals surface area (Å²) in [5.41, 5.74) is 18.4.